The number of amides is 1. The van der Waals surface area contributed by atoms with Crippen LogP contribution >= 0.6 is 0 Å². The summed E-state index contributed by atoms with van der Waals surface area (Å²) in [5.74, 6) is 0.996. The molecule has 1 heterocycles. The van der Waals surface area contributed by atoms with E-state index in [1.54, 1.807) is 4.90 Å². The van der Waals surface area contributed by atoms with Crippen molar-refractivity contribution >= 4 is 5.91 Å². The summed E-state index contributed by atoms with van der Waals surface area (Å²) in [4.78, 5) is 13.2. The average molecular weight is 236 g/mol. The van der Waals surface area contributed by atoms with Crippen LogP contribution in [0.25, 0.3) is 0 Å². The van der Waals surface area contributed by atoms with E-state index in [1.807, 2.05) is 32.3 Å². The fraction of sp³-hybridized carbons (Fsp3) is 0.417. The minimum atomic E-state index is -0.453. The third-order valence-electron chi connectivity index (χ3n) is 2.67. The van der Waals surface area contributed by atoms with E-state index in [4.69, 9.17) is 15.2 Å². The van der Waals surface area contributed by atoms with E-state index >= 15 is 0 Å². The van der Waals surface area contributed by atoms with Gasteiger partial charge in [-0.05, 0) is 31.8 Å². The summed E-state index contributed by atoms with van der Waals surface area (Å²) in [6, 6.07) is 5.00. The number of ether oxygens (including phenoxy) is 2. The second kappa shape index (κ2) is 4.63. The third-order valence-corrected chi connectivity index (χ3v) is 2.67. The minimum absolute atomic E-state index is 0.383. The molecule has 2 rings (SSSR count). The zero-order valence-corrected chi connectivity index (χ0v) is 9.97. The Bertz CT molecular complexity index is 432. The van der Waals surface area contributed by atoms with Crippen molar-refractivity contribution in [3.63, 3.8) is 0 Å². The molecule has 1 aromatic rings. The molecular formula is C12H16N2O3. The zero-order chi connectivity index (χ0) is 12.4. The normalized spacial score (nSPS) is 15.7. The number of hydrogen-bond acceptors (Lipinski definition) is 4. The Balaban J connectivity index is 2.35. The molecule has 1 amide bonds. The van der Waals surface area contributed by atoms with Crippen LogP contribution in [0.2, 0.25) is 0 Å². The van der Waals surface area contributed by atoms with Crippen LogP contribution in [-0.4, -0.2) is 38.1 Å². The number of likely N-dealkylation sites (N-methyl/N-ethyl adjacent to an activating group) is 1. The van der Waals surface area contributed by atoms with Gasteiger partial charge in [0.05, 0.1) is 0 Å². The number of fused-ring (bicyclic) bond motifs is 1. The Labute approximate surface area is 100 Å². The van der Waals surface area contributed by atoms with Gasteiger partial charge in [-0.15, -0.1) is 0 Å². The lowest BCUT2D eigenvalue weighted by Gasteiger charge is -2.24. The minimum Gasteiger partial charge on any atom is -0.486 e. The first-order valence-electron chi connectivity index (χ1n) is 5.45. The molecule has 0 fully saturated rings. The lowest BCUT2D eigenvalue weighted by atomic mass is 10.0. The molecule has 0 bridgehead atoms. The maximum atomic E-state index is 11.4. The average Bonchev–Trinajstić information content (AvgIpc) is 2.28. The molecule has 0 aromatic heterocycles. The van der Waals surface area contributed by atoms with E-state index in [0.717, 1.165) is 5.56 Å². The molecule has 17 heavy (non-hydrogen) atoms. The Morgan fingerprint density at radius 2 is 1.94 bits per heavy atom. The van der Waals surface area contributed by atoms with Crippen molar-refractivity contribution in [2.45, 2.75) is 6.04 Å². The van der Waals surface area contributed by atoms with Gasteiger partial charge in [0.15, 0.2) is 11.5 Å². The van der Waals surface area contributed by atoms with Crippen LogP contribution < -0.4 is 15.2 Å². The van der Waals surface area contributed by atoms with Gasteiger partial charge >= 0.3 is 0 Å². The monoisotopic (exact) mass is 236 g/mol. The first-order valence-corrected chi connectivity index (χ1v) is 5.45. The van der Waals surface area contributed by atoms with Gasteiger partial charge in [0.2, 0.25) is 5.91 Å². The number of carbonyl (C=O) groups is 1. The van der Waals surface area contributed by atoms with Gasteiger partial charge in [0, 0.05) is 0 Å². The number of primary amides is 1. The molecule has 0 aliphatic carbocycles. The molecule has 0 radical (unpaired) electrons. The van der Waals surface area contributed by atoms with Crippen molar-refractivity contribution in [1.82, 2.24) is 4.90 Å². The number of carbonyl (C=O) groups excluding carboxylic acids is 1. The van der Waals surface area contributed by atoms with E-state index in [9.17, 15) is 4.79 Å². The highest BCUT2D eigenvalue weighted by molar-refractivity contribution is 5.81. The van der Waals surface area contributed by atoms with Crippen LogP contribution in [0.5, 0.6) is 11.5 Å². The largest absolute Gasteiger partial charge is 0.486 e. The van der Waals surface area contributed by atoms with Gasteiger partial charge in [-0.2, -0.15) is 0 Å². The predicted octanol–water partition coefficient (Wildman–Crippen LogP) is 0.546. The lowest BCUT2D eigenvalue weighted by Crippen LogP contribution is -2.32. The summed E-state index contributed by atoms with van der Waals surface area (Å²) in [6.45, 7) is 1.08. The summed E-state index contributed by atoms with van der Waals surface area (Å²) in [5.41, 5.74) is 6.20. The lowest BCUT2D eigenvalue weighted by molar-refractivity contribution is -0.122. The Kier molecular flexibility index (Phi) is 3.19. The van der Waals surface area contributed by atoms with Crippen LogP contribution in [0, 0.1) is 0 Å². The Morgan fingerprint density at radius 1 is 1.29 bits per heavy atom. The number of nitrogens with zero attached hydrogens (tertiary/aromatic N) is 1. The summed E-state index contributed by atoms with van der Waals surface area (Å²) >= 11 is 0. The summed E-state index contributed by atoms with van der Waals surface area (Å²) in [6.07, 6.45) is 0. The van der Waals surface area contributed by atoms with E-state index < -0.39 is 6.04 Å². The summed E-state index contributed by atoms with van der Waals surface area (Å²) in [7, 11) is 3.62. The fourth-order valence-electron chi connectivity index (χ4n) is 1.95. The van der Waals surface area contributed by atoms with Gasteiger partial charge in [-0.1, -0.05) is 6.07 Å². The molecule has 1 atom stereocenters. The highest BCUT2D eigenvalue weighted by atomic mass is 16.6. The molecular weight excluding hydrogens is 220 g/mol. The number of rotatable bonds is 3. The van der Waals surface area contributed by atoms with Crippen molar-refractivity contribution in [3.05, 3.63) is 23.8 Å². The highest BCUT2D eigenvalue weighted by Gasteiger charge is 2.22. The second-order valence-electron chi connectivity index (χ2n) is 4.17. The molecule has 2 N–H and O–H groups in total. The Hall–Kier alpha value is -1.75. The molecule has 5 heteroatoms. The number of benzene rings is 1. The van der Waals surface area contributed by atoms with Gasteiger partial charge in [0.1, 0.15) is 19.3 Å². The first kappa shape index (κ1) is 11.7. The second-order valence-corrected chi connectivity index (χ2v) is 4.17. The van der Waals surface area contributed by atoms with Crippen LogP contribution in [-0.2, 0) is 4.79 Å². The molecule has 5 nitrogen and oxygen atoms in total. The molecule has 1 aliphatic rings. The van der Waals surface area contributed by atoms with E-state index in [1.165, 1.54) is 0 Å². The van der Waals surface area contributed by atoms with Gasteiger partial charge in [0.25, 0.3) is 0 Å². The zero-order valence-electron chi connectivity index (χ0n) is 9.97. The van der Waals surface area contributed by atoms with E-state index in [0.29, 0.717) is 24.7 Å². The predicted molar refractivity (Wildman–Crippen MR) is 63.1 cm³/mol. The smallest absolute Gasteiger partial charge is 0.239 e. The van der Waals surface area contributed by atoms with Crippen molar-refractivity contribution in [3.8, 4) is 11.5 Å². The maximum Gasteiger partial charge on any atom is 0.239 e. The van der Waals surface area contributed by atoms with Crippen LogP contribution in [0.3, 0.4) is 0 Å². The van der Waals surface area contributed by atoms with Crippen molar-refractivity contribution in [2.24, 2.45) is 5.73 Å². The standard InChI is InChI=1S/C12H16N2O3/c1-14(2)11(12(13)15)8-3-4-9-10(7-8)17-6-5-16-9/h3-4,7,11H,5-6H2,1-2H3,(H2,13,15). The molecule has 1 unspecified atom stereocenters. The molecule has 92 valence electrons. The first-order chi connectivity index (χ1) is 8.09. The Morgan fingerprint density at radius 3 is 2.53 bits per heavy atom. The third kappa shape index (κ3) is 2.34. The topological polar surface area (TPSA) is 64.8 Å². The molecule has 0 saturated heterocycles. The highest BCUT2D eigenvalue weighted by Crippen LogP contribution is 2.33. The number of nitrogens with two attached hydrogens (primary N) is 1. The van der Waals surface area contributed by atoms with Crippen molar-refractivity contribution < 1.29 is 14.3 Å². The number of hydrogen-bond donors (Lipinski definition) is 1. The van der Waals surface area contributed by atoms with Crippen molar-refractivity contribution in [1.29, 1.82) is 0 Å². The van der Waals surface area contributed by atoms with Crippen LogP contribution in [0.1, 0.15) is 11.6 Å². The quantitative estimate of drug-likeness (QED) is 0.832. The van der Waals surface area contributed by atoms with Gasteiger partial charge in [-0.3, -0.25) is 9.69 Å². The molecule has 0 saturated carbocycles. The van der Waals surface area contributed by atoms with Crippen molar-refractivity contribution in [2.75, 3.05) is 27.3 Å². The molecule has 1 aromatic carbocycles. The van der Waals surface area contributed by atoms with Gasteiger partial charge in [-0.25, -0.2) is 0 Å². The molecule has 1 aliphatic heterocycles. The SMILES string of the molecule is CN(C)C(C(N)=O)c1ccc2c(c1)OCCO2. The van der Waals surface area contributed by atoms with Crippen LogP contribution in [0.4, 0.5) is 0 Å². The van der Waals surface area contributed by atoms with E-state index in [2.05, 4.69) is 0 Å². The fourth-order valence-corrected chi connectivity index (χ4v) is 1.95. The summed E-state index contributed by atoms with van der Waals surface area (Å²) < 4.78 is 10.9. The van der Waals surface area contributed by atoms with E-state index in [-0.39, 0.29) is 5.91 Å². The summed E-state index contributed by atoms with van der Waals surface area (Å²) in [5, 5.41) is 0. The van der Waals surface area contributed by atoms with Gasteiger partial charge < -0.3 is 15.2 Å². The maximum absolute atomic E-state index is 11.4. The molecule has 0 spiro atoms. The van der Waals surface area contributed by atoms with Crippen LogP contribution in [0.15, 0.2) is 18.2 Å².